The molecule has 0 heterocycles. The molecule has 2 atom stereocenters. The van der Waals surface area contributed by atoms with E-state index in [0.29, 0.717) is 12.3 Å². The van der Waals surface area contributed by atoms with Crippen LogP contribution in [-0.4, -0.2) is 40.5 Å². The number of aliphatic hydroxyl groups is 1. The lowest BCUT2D eigenvalue weighted by Crippen LogP contribution is -2.33. The van der Waals surface area contributed by atoms with Gasteiger partial charge in [0.1, 0.15) is 11.5 Å². The van der Waals surface area contributed by atoms with Crippen LogP contribution < -0.4 is 10.1 Å². The zero-order valence-electron chi connectivity index (χ0n) is 15.0. The summed E-state index contributed by atoms with van der Waals surface area (Å²) in [5.74, 6) is -0.258. The maximum atomic E-state index is 10.6. The number of ether oxygens (including phenoxy) is 1. The number of aryl methyl sites for hydroxylation is 1. The smallest absolute Gasteiger partial charge is 0.341 e. The van der Waals surface area contributed by atoms with Gasteiger partial charge in [0.2, 0.25) is 0 Å². The summed E-state index contributed by atoms with van der Waals surface area (Å²) >= 11 is 0. The lowest BCUT2D eigenvalue weighted by Gasteiger charge is -2.21. The van der Waals surface area contributed by atoms with Gasteiger partial charge in [-0.25, -0.2) is 4.79 Å². The van der Waals surface area contributed by atoms with Crippen molar-refractivity contribution in [2.75, 3.05) is 13.2 Å². The van der Waals surface area contributed by atoms with Gasteiger partial charge in [0.15, 0.2) is 6.61 Å². The fourth-order valence-electron chi connectivity index (χ4n) is 2.68. The highest BCUT2D eigenvalue weighted by Gasteiger charge is 2.15. The highest BCUT2D eigenvalue weighted by atomic mass is 16.5. The molecule has 0 aliphatic rings. The van der Waals surface area contributed by atoms with Gasteiger partial charge in [0.25, 0.3) is 0 Å². The van der Waals surface area contributed by atoms with E-state index in [1.54, 1.807) is 30.3 Å². The summed E-state index contributed by atoms with van der Waals surface area (Å²) in [5.41, 5.74) is 2.74. The third-order valence-electron chi connectivity index (χ3n) is 4.18. The Balaban J connectivity index is 1.83. The Morgan fingerprint density at radius 2 is 1.88 bits per heavy atom. The Morgan fingerprint density at radius 1 is 1.19 bits per heavy atom. The average molecular weight is 359 g/mol. The summed E-state index contributed by atoms with van der Waals surface area (Å²) < 4.78 is 5.22. The number of carboxylic acids is 1. The van der Waals surface area contributed by atoms with Crippen molar-refractivity contribution in [3.63, 3.8) is 0 Å². The number of aliphatic carboxylic acids is 1. The lowest BCUT2D eigenvalue weighted by atomic mass is 10.0. The average Bonchev–Trinajstić information content (AvgIpc) is 2.60. The van der Waals surface area contributed by atoms with E-state index in [4.69, 9.17) is 9.84 Å². The van der Waals surface area contributed by atoms with Crippen molar-refractivity contribution in [3.8, 4) is 11.5 Å². The SMILES string of the molecule is Cc1cc(CCNC(C)C(O)c2ccc(O)cc2)ccc1OCC(=O)O. The Kier molecular flexibility index (Phi) is 7.00. The fourth-order valence-corrected chi connectivity index (χ4v) is 2.68. The molecule has 140 valence electrons. The molecule has 0 amide bonds. The molecule has 4 N–H and O–H groups in total. The molecule has 0 radical (unpaired) electrons. The Labute approximate surface area is 153 Å². The van der Waals surface area contributed by atoms with Crippen molar-refractivity contribution in [2.45, 2.75) is 32.4 Å². The molecule has 2 unspecified atom stereocenters. The molecule has 0 aromatic heterocycles. The molecule has 0 spiro atoms. The van der Waals surface area contributed by atoms with Gasteiger partial charge in [-0.05, 0) is 61.7 Å². The van der Waals surface area contributed by atoms with Crippen LogP contribution in [0, 0.1) is 6.92 Å². The number of hydrogen-bond acceptors (Lipinski definition) is 5. The summed E-state index contributed by atoms with van der Waals surface area (Å²) in [6, 6.07) is 12.0. The third kappa shape index (κ3) is 5.75. The van der Waals surface area contributed by atoms with E-state index in [1.807, 2.05) is 26.0 Å². The van der Waals surface area contributed by atoms with E-state index in [2.05, 4.69) is 5.32 Å². The van der Waals surface area contributed by atoms with Crippen molar-refractivity contribution in [3.05, 3.63) is 59.2 Å². The quantitative estimate of drug-likeness (QED) is 0.549. The predicted octanol–water partition coefficient (Wildman–Crippen LogP) is 2.42. The molecule has 6 nitrogen and oxygen atoms in total. The number of phenolic OH excluding ortho intramolecular Hbond substituents is 1. The summed E-state index contributed by atoms with van der Waals surface area (Å²) in [5, 5.41) is 31.6. The van der Waals surface area contributed by atoms with E-state index in [-0.39, 0.29) is 18.4 Å². The number of benzene rings is 2. The summed E-state index contributed by atoms with van der Waals surface area (Å²) in [7, 11) is 0. The van der Waals surface area contributed by atoms with Gasteiger partial charge < -0.3 is 25.4 Å². The second kappa shape index (κ2) is 9.22. The van der Waals surface area contributed by atoms with Crippen molar-refractivity contribution in [2.24, 2.45) is 0 Å². The molecule has 26 heavy (non-hydrogen) atoms. The monoisotopic (exact) mass is 359 g/mol. The maximum absolute atomic E-state index is 10.6. The second-order valence-corrected chi connectivity index (χ2v) is 6.31. The van der Waals surface area contributed by atoms with Crippen molar-refractivity contribution >= 4 is 5.97 Å². The van der Waals surface area contributed by atoms with Crippen molar-refractivity contribution in [1.29, 1.82) is 0 Å². The first-order chi connectivity index (χ1) is 12.4. The molecule has 0 fully saturated rings. The van der Waals surface area contributed by atoms with Crippen molar-refractivity contribution in [1.82, 2.24) is 5.32 Å². The van der Waals surface area contributed by atoms with Crippen LogP contribution in [0.4, 0.5) is 0 Å². The van der Waals surface area contributed by atoms with Gasteiger partial charge in [-0.3, -0.25) is 0 Å². The van der Waals surface area contributed by atoms with Gasteiger partial charge in [0.05, 0.1) is 6.10 Å². The maximum Gasteiger partial charge on any atom is 0.341 e. The second-order valence-electron chi connectivity index (χ2n) is 6.31. The first-order valence-corrected chi connectivity index (χ1v) is 8.51. The number of rotatable bonds is 9. The standard InChI is InChI=1S/C20H25NO5/c1-13-11-15(3-8-18(13)26-12-19(23)24)9-10-21-14(2)20(25)16-4-6-17(22)7-5-16/h3-8,11,14,20-22,25H,9-10,12H2,1-2H3,(H,23,24). The summed E-state index contributed by atoms with van der Waals surface area (Å²) in [4.78, 5) is 10.6. The van der Waals surface area contributed by atoms with E-state index in [1.165, 1.54) is 0 Å². The Morgan fingerprint density at radius 3 is 2.50 bits per heavy atom. The van der Waals surface area contributed by atoms with E-state index >= 15 is 0 Å². The number of aliphatic hydroxyl groups excluding tert-OH is 1. The van der Waals surface area contributed by atoms with Crippen LogP contribution in [0.25, 0.3) is 0 Å². The van der Waals surface area contributed by atoms with Crippen LogP contribution in [0.2, 0.25) is 0 Å². The normalized spacial score (nSPS) is 13.2. The van der Waals surface area contributed by atoms with Crippen LogP contribution in [0.1, 0.15) is 29.7 Å². The van der Waals surface area contributed by atoms with Crippen molar-refractivity contribution < 1.29 is 24.9 Å². The Bertz CT molecular complexity index is 729. The zero-order valence-corrected chi connectivity index (χ0v) is 15.0. The molecule has 6 heteroatoms. The number of phenols is 1. The van der Waals surface area contributed by atoms with Crippen LogP contribution in [-0.2, 0) is 11.2 Å². The molecule has 0 saturated carbocycles. The van der Waals surface area contributed by atoms with Gasteiger partial charge in [-0.1, -0.05) is 24.3 Å². The van der Waals surface area contributed by atoms with Crippen LogP contribution in [0.3, 0.4) is 0 Å². The molecule has 0 bridgehead atoms. The highest BCUT2D eigenvalue weighted by Crippen LogP contribution is 2.21. The minimum Gasteiger partial charge on any atom is -0.508 e. The van der Waals surface area contributed by atoms with E-state index < -0.39 is 12.1 Å². The minimum absolute atomic E-state index is 0.140. The predicted molar refractivity (Wildman–Crippen MR) is 98.5 cm³/mol. The van der Waals surface area contributed by atoms with Crippen LogP contribution in [0.15, 0.2) is 42.5 Å². The molecule has 0 saturated heterocycles. The van der Waals surface area contributed by atoms with E-state index in [9.17, 15) is 15.0 Å². The third-order valence-corrected chi connectivity index (χ3v) is 4.18. The molecule has 0 aliphatic heterocycles. The summed E-state index contributed by atoms with van der Waals surface area (Å²) in [6.45, 7) is 4.12. The van der Waals surface area contributed by atoms with Gasteiger partial charge in [-0.15, -0.1) is 0 Å². The number of hydrogen-bond donors (Lipinski definition) is 4. The topological polar surface area (TPSA) is 99.0 Å². The van der Waals surface area contributed by atoms with Crippen LogP contribution in [0.5, 0.6) is 11.5 Å². The summed E-state index contributed by atoms with van der Waals surface area (Å²) in [6.07, 6.45) is 0.108. The molecule has 2 aromatic carbocycles. The largest absolute Gasteiger partial charge is 0.508 e. The fraction of sp³-hybridized carbons (Fsp3) is 0.350. The number of carboxylic acid groups (broad SMARTS) is 1. The van der Waals surface area contributed by atoms with Gasteiger partial charge in [-0.2, -0.15) is 0 Å². The molecule has 2 aromatic rings. The molecule has 0 aliphatic carbocycles. The highest BCUT2D eigenvalue weighted by molar-refractivity contribution is 5.68. The number of nitrogens with one attached hydrogen (secondary N) is 1. The van der Waals surface area contributed by atoms with Crippen LogP contribution >= 0.6 is 0 Å². The molecular formula is C20H25NO5. The first-order valence-electron chi connectivity index (χ1n) is 8.51. The zero-order chi connectivity index (χ0) is 19.1. The number of aromatic hydroxyl groups is 1. The van der Waals surface area contributed by atoms with Gasteiger partial charge in [0, 0.05) is 6.04 Å². The van der Waals surface area contributed by atoms with E-state index in [0.717, 1.165) is 23.1 Å². The molecule has 2 rings (SSSR count). The van der Waals surface area contributed by atoms with Gasteiger partial charge >= 0.3 is 5.97 Å². The number of carbonyl (C=O) groups is 1. The molecular weight excluding hydrogens is 334 g/mol. The Hall–Kier alpha value is -2.57. The first kappa shape index (κ1) is 19.8. The minimum atomic E-state index is -1.00. The lowest BCUT2D eigenvalue weighted by molar-refractivity contribution is -0.139.